The Morgan fingerprint density at radius 1 is 0.300 bits per heavy atom. The molecule has 1 aromatic heterocycles. The van der Waals surface area contributed by atoms with E-state index in [1.54, 1.807) is 0 Å². The second kappa shape index (κ2) is 20.3. The molecule has 0 unspecified atom stereocenters. The SMILES string of the molecule is CP(C)(=O)c1ccc(-c2c3ccccc3c(-c3ccc(C4(c5ccc(-c6nc(-c7cccc(-c8ccccc8)c7)nc(-c7c8ccccc8c(-c8ccccc8)c8ccccc78)n6)cc5)CCCCC4)cc3)c3ccccc23)cc1. The summed E-state index contributed by atoms with van der Waals surface area (Å²) in [7, 11) is -2.39. The van der Waals surface area contributed by atoms with Gasteiger partial charge in [0.05, 0.1) is 0 Å². The van der Waals surface area contributed by atoms with Gasteiger partial charge < -0.3 is 4.57 Å². The molecule has 0 amide bonds. The van der Waals surface area contributed by atoms with Crippen LogP contribution in [-0.4, -0.2) is 28.3 Å². The Kier molecular flexibility index (Phi) is 12.5. The van der Waals surface area contributed by atoms with Gasteiger partial charge in [-0.15, -0.1) is 0 Å². The standard InChI is InChI=1S/C75H58N3OP/c1-80(2,79)59-45-39-53(40-46-59)70-62-29-12-10-27-60(62)69(61-28-11-13-30-63(61)70)52-35-41-57(42-36-52)75(47-18-5-19-48-75)58-43-37-54(38-44-58)72-76-73(56-26-20-25-55(49-56)50-21-6-3-7-22-50)78-74(77-72)71-66-33-16-14-31-64(66)68(51-23-8-4-9-24-51)65-32-15-17-34-67(65)71/h3-4,6-17,20-46,49H,5,18-19,47-48H2,1-2H3. The molecule has 1 fully saturated rings. The van der Waals surface area contributed by atoms with Crippen LogP contribution in [0.5, 0.6) is 0 Å². The van der Waals surface area contributed by atoms with Crippen LogP contribution in [0.15, 0.2) is 255 Å². The van der Waals surface area contributed by atoms with E-state index in [4.69, 9.17) is 15.0 Å². The van der Waals surface area contributed by atoms with E-state index in [1.165, 1.54) is 79.8 Å². The zero-order valence-corrected chi connectivity index (χ0v) is 45.9. The van der Waals surface area contributed by atoms with Gasteiger partial charge in [-0.25, -0.2) is 15.0 Å². The molecule has 1 saturated carbocycles. The van der Waals surface area contributed by atoms with Gasteiger partial charge in [0.1, 0.15) is 7.14 Å². The van der Waals surface area contributed by atoms with Crippen molar-refractivity contribution < 1.29 is 4.57 Å². The Balaban J connectivity index is 0.882. The first-order valence-electron chi connectivity index (χ1n) is 28.0. The molecule has 80 heavy (non-hydrogen) atoms. The second-order valence-corrected chi connectivity index (χ2v) is 25.2. The van der Waals surface area contributed by atoms with Crippen LogP contribution in [0.1, 0.15) is 43.2 Å². The summed E-state index contributed by atoms with van der Waals surface area (Å²) in [6.45, 7) is 3.68. The van der Waals surface area contributed by atoms with Crippen molar-refractivity contribution in [2.75, 3.05) is 13.3 Å². The molecule has 0 atom stereocenters. The van der Waals surface area contributed by atoms with Gasteiger partial charge in [0.25, 0.3) is 0 Å². The summed E-state index contributed by atoms with van der Waals surface area (Å²) in [5.41, 5.74) is 14.8. The van der Waals surface area contributed by atoms with Gasteiger partial charge in [0.2, 0.25) is 0 Å². The van der Waals surface area contributed by atoms with Crippen molar-refractivity contribution in [3.05, 3.63) is 266 Å². The van der Waals surface area contributed by atoms with E-state index in [2.05, 4.69) is 243 Å². The first kappa shape index (κ1) is 49.2. The van der Waals surface area contributed by atoms with Crippen molar-refractivity contribution in [3.63, 3.8) is 0 Å². The lowest BCUT2D eigenvalue weighted by Crippen LogP contribution is -2.30. The van der Waals surface area contributed by atoms with Crippen molar-refractivity contribution in [2.24, 2.45) is 0 Å². The van der Waals surface area contributed by atoms with Crippen LogP contribution in [0.2, 0.25) is 0 Å². The van der Waals surface area contributed by atoms with Gasteiger partial charge in [0.15, 0.2) is 17.5 Å². The van der Waals surface area contributed by atoms with E-state index in [-0.39, 0.29) is 5.41 Å². The predicted molar refractivity (Wildman–Crippen MR) is 337 cm³/mol. The molecule has 0 radical (unpaired) electrons. The fraction of sp³-hybridized carbons (Fsp3) is 0.107. The van der Waals surface area contributed by atoms with Crippen LogP contribution in [0.25, 0.3) is 122 Å². The summed E-state index contributed by atoms with van der Waals surface area (Å²) >= 11 is 0. The van der Waals surface area contributed by atoms with E-state index in [9.17, 15) is 4.57 Å². The minimum atomic E-state index is -2.39. The third kappa shape index (κ3) is 8.72. The minimum absolute atomic E-state index is 0.151. The van der Waals surface area contributed by atoms with Crippen molar-refractivity contribution >= 4 is 55.5 Å². The fourth-order valence-corrected chi connectivity index (χ4v) is 13.9. The van der Waals surface area contributed by atoms with Gasteiger partial charge in [-0.05, 0) is 131 Å². The van der Waals surface area contributed by atoms with Gasteiger partial charge in [-0.2, -0.15) is 0 Å². The average molecular weight is 1050 g/mol. The smallest absolute Gasteiger partial charge is 0.165 e. The van der Waals surface area contributed by atoms with Crippen molar-refractivity contribution in [1.29, 1.82) is 0 Å². The van der Waals surface area contributed by atoms with E-state index >= 15 is 0 Å². The monoisotopic (exact) mass is 1050 g/mol. The molecule has 384 valence electrons. The van der Waals surface area contributed by atoms with Crippen LogP contribution in [-0.2, 0) is 9.98 Å². The van der Waals surface area contributed by atoms with E-state index in [1.807, 2.05) is 25.5 Å². The van der Waals surface area contributed by atoms with Crippen LogP contribution in [0.3, 0.4) is 0 Å². The fourth-order valence-electron chi connectivity index (χ4n) is 13.0. The number of hydrogen-bond acceptors (Lipinski definition) is 4. The highest BCUT2D eigenvalue weighted by atomic mass is 31.2. The largest absolute Gasteiger partial charge is 0.319 e. The van der Waals surface area contributed by atoms with Crippen molar-refractivity contribution in [3.8, 4) is 78.7 Å². The molecule has 0 N–H and O–H groups in total. The van der Waals surface area contributed by atoms with Gasteiger partial charge in [-0.3, -0.25) is 0 Å². The summed E-state index contributed by atoms with van der Waals surface area (Å²) < 4.78 is 13.0. The average Bonchev–Trinajstić information content (AvgIpc) is 3.57. The van der Waals surface area contributed by atoms with Crippen molar-refractivity contribution in [2.45, 2.75) is 37.5 Å². The third-order valence-corrected chi connectivity index (χ3v) is 18.5. The maximum Gasteiger partial charge on any atom is 0.165 e. The van der Waals surface area contributed by atoms with Gasteiger partial charge in [-0.1, -0.05) is 268 Å². The molecule has 14 rings (SSSR count). The number of fused-ring (bicyclic) bond motifs is 4. The highest BCUT2D eigenvalue weighted by molar-refractivity contribution is 7.70. The third-order valence-electron chi connectivity index (χ3n) is 16.9. The first-order valence-corrected chi connectivity index (χ1v) is 30.6. The number of rotatable bonds is 10. The topological polar surface area (TPSA) is 55.7 Å². The normalized spacial score (nSPS) is 13.5. The second-order valence-electron chi connectivity index (χ2n) is 22.0. The molecule has 0 saturated heterocycles. The lowest BCUT2D eigenvalue weighted by molar-refractivity contribution is 0.346. The summed E-state index contributed by atoms with van der Waals surface area (Å²) in [4.78, 5) is 16.3. The first-order chi connectivity index (χ1) is 39.3. The molecule has 13 aromatic rings. The molecule has 0 spiro atoms. The molecular formula is C75H58N3OP. The minimum Gasteiger partial charge on any atom is -0.319 e. The van der Waals surface area contributed by atoms with Crippen LogP contribution in [0, 0.1) is 0 Å². The molecule has 1 aliphatic carbocycles. The molecule has 0 bridgehead atoms. The molecule has 4 nitrogen and oxygen atoms in total. The Hall–Kier alpha value is -9.08. The van der Waals surface area contributed by atoms with Gasteiger partial charge in [0, 0.05) is 27.4 Å². The molecule has 5 heteroatoms. The maximum atomic E-state index is 13.0. The number of benzene rings is 12. The highest BCUT2D eigenvalue weighted by Gasteiger charge is 2.36. The predicted octanol–water partition coefficient (Wildman–Crippen LogP) is 19.7. The van der Waals surface area contributed by atoms with Crippen LogP contribution < -0.4 is 5.30 Å². The number of hydrogen-bond donors (Lipinski definition) is 0. The quantitative estimate of drug-likeness (QED) is 0.101. The number of nitrogens with zero attached hydrogens (tertiary/aromatic N) is 3. The maximum absolute atomic E-state index is 13.0. The summed E-state index contributed by atoms with van der Waals surface area (Å²) in [5.74, 6) is 1.91. The molecule has 1 heterocycles. The van der Waals surface area contributed by atoms with E-state index < -0.39 is 7.14 Å². The van der Waals surface area contributed by atoms with Crippen LogP contribution >= 0.6 is 7.14 Å². The highest BCUT2D eigenvalue weighted by Crippen LogP contribution is 2.49. The van der Waals surface area contributed by atoms with Crippen molar-refractivity contribution in [1.82, 2.24) is 15.0 Å². The Morgan fingerprint density at radius 3 is 1.09 bits per heavy atom. The summed E-state index contributed by atoms with van der Waals surface area (Å²) in [6, 6.07) is 91.9. The summed E-state index contributed by atoms with van der Waals surface area (Å²) in [5, 5.41) is 10.3. The molecule has 1 aliphatic rings. The van der Waals surface area contributed by atoms with Gasteiger partial charge >= 0.3 is 0 Å². The Labute approximate surface area is 467 Å². The zero-order chi connectivity index (χ0) is 53.8. The lowest BCUT2D eigenvalue weighted by Gasteiger charge is -2.39. The molecular weight excluding hydrogens is 990 g/mol. The Bertz CT molecular complexity index is 4410. The summed E-state index contributed by atoms with van der Waals surface area (Å²) in [6.07, 6.45) is 5.73. The molecule has 12 aromatic carbocycles. The zero-order valence-electron chi connectivity index (χ0n) is 45.0. The lowest BCUT2D eigenvalue weighted by atomic mass is 9.65. The van der Waals surface area contributed by atoms with E-state index in [0.717, 1.165) is 73.1 Å². The Morgan fingerprint density at radius 2 is 0.637 bits per heavy atom. The van der Waals surface area contributed by atoms with E-state index in [0.29, 0.717) is 17.5 Å². The number of aromatic nitrogens is 3. The molecule has 0 aliphatic heterocycles. The van der Waals surface area contributed by atoms with Crippen LogP contribution in [0.4, 0.5) is 0 Å².